The van der Waals surface area contributed by atoms with Gasteiger partial charge in [0.2, 0.25) is 0 Å². The van der Waals surface area contributed by atoms with Crippen molar-refractivity contribution in [2.45, 2.75) is 31.4 Å². The molecule has 0 spiro atoms. The first kappa shape index (κ1) is 12.2. The van der Waals surface area contributed by atoms with Crippen molar-refractivity contribution in [2.75, 3.05) is 6.61 Å². The molecule has 0 radical (unpaired) electrons. The Balaban J connectivity index is 1.65. The molecule has 2 unspecified atom stereocenters. The van der Waals surface area contributed by atoms with Crippen molar-refractivity contribution in [1.82, 2.24) is 5.32 Å². The van der Waals surface area contributed by atoms with Gasteiger partial charge in [0.1, 0.15) is 0 Å². The number of carbonyl (C=O) groups is 1. The Labute approximate surface area is 112 Å². The third-order valence-electron chi connectivity index (χ3n) is 3.82. The van der Waals surface area contributed by atoms with Gasteiger partial charge in [0, 0.05) is 12.2 Å². The fraction of sp³-hybridized carbons (Fsp3) is 0.467. The SMILES string of the molecule is N#Cc1ccc(C(=O)NC2CCOC2C2CC2)cc1. The first-order valence-corrected chi connectivity index (χ1v) is 6.70. The third kappa shape index (κ3) is 2.61. The summed E-state index contributed by atoms with van der Waals surface area (Å²) in [4.78, 5) is 12.1. The Morgan fingerprint density at radius 3 is 2.63 bits per heavy atom. The highest BCUT2D eigenvalue weighted by molar-refractivity contribution is 5.94. The summed E-state index contributed by atoms with van der Waals surface area (Å²) < 4.78 is 5.70. The molecule has 1 heterocycles. The molecule has 19 heavy (non-hydrogen) atoms. The average molecular weight is 256 g/mol. The van der Waals surface area contributed by atoms with Gasteiger partial charge in [0.05, 0.1) is 23.8 Å². The molecule has 0 bridgehead atoms. The van der Waals surface area contributed by atoms with Gasteiger partial charge in [-0.15, -0.1) is 0 Å². The zero-order valence-electron chi connectivity index (χ0n) is 10.6. The maximum atomic E-state index is 12.1. The summed E-state index contributed by atoms with van der Waals surface area (Å²) in [5.74, 6) is 0.555. The summed E-state index contributed by atoms with van der Waals surface area (Å²) >= 11 is 0. The van der Waals surface area contributed by atoms with Crippen LogP contribution in [0.25, 0.3) is 0 Å². The van der Waals surface area contributed by atoms with Gasteiger partial charge in [-0.3, -0.25) is 4.79 Å². The number of benzene rings is 1. The molecule has 1 saturated heterocycles. The van der Waals surface area contributed by atoms with Gasteiger partial charge in [-0.25, -0.2) is 0 Å². The lowest BCUT2D eigenvalue weighted by Crippen LogP contribution is -2.41. The van der Waals surface area contributed by atoms with Gasteiger partial charge < -0.3 is 10.1 Å². The second-order valence-electron chi connectivity index (χ2n) is 5.23. The lowest BCUT2D eigenvalue weighted by Gasteiger charge is -2.19. The monoisotopic (exact) mass is 256 g/mol. The summed E-state index contributed by atoms with van der Waals surface area (Å²) in [5.41, 5.74) is 1.16. The van der Waals surface area contributed by atoms with Gasteiger partial charge in [-0.05, 0) is 49.4 Å². The van der Waals surface area contributed by atoms with E-state index in [4.69, 9.17) is 10.00 Å². The quantitative estimate of drug-likeness (QED) is 0.897. The van der Waals surface area contributed by atoms with Crippen molar-refractivity contribution in [3.63, 3.8) is 0 Å². The first-order valence-electron chi connectivity index (χ1n) is 6.70. The molecule has 2 aliphatic rings. The van der Waals surface area contributed by atoms with Crippen molar-refractivity contribution >= 4 is 5.91 Å². The number of nitrogens with one attached hydrogen (secondary N) is 1. The third-order valence-corrected chi connectivity index (χ3v) is 3.82. The van der Waals surface area contributed by atoms with E-state index < -0.39 is 0 Å². The molecule has 1 saturated carbocycles. The van der Waals surface area contributed by atoms with E-state index in [1.807, 2.05) is 6.07 Å². The lowest BCUT2D eigenvalue weighted by atomic mass is 10.1. The van der Waals surface area contributed by atoms with Crippen LogP contribution in [0.5, 0.6) is 0 Å². The summed E-state index contributed by atoms with van der Waals surface area (Å²) in [6, 6.07) is 8.89. The molecule has 2 fully saturated rings. The molecule has 1 aliphatic carbocycles. The number of rotatable bonds is 3. The molecule has 2 atom stereocenters. The maximum Gasteiger partial charge on any atom is 0.251 e. The van der Waals surface area contributed by atoms with Crippen LogP contribution in [0.4, 0.5) is 0 Å². The summed E-state index contributed by atoms with van der Waals surface area (Å²) in [6.45, 7) is 0.736. The Morgan fingerprint density at radius 1 is 1.26 bits per heavy atom. The number of carbonyl (C=O) groups excluding carboxylic acids is 1. The average Bonchev–Trinajstić information content (AvgIpc) is 3.19. The van der Waals surface area contributed by atoms with E-state index in [1.54, 1.807) is 24.3 Å². The van der Waals surface area contributed by atoms with Crippen LogP contribution in [-0.2, 0) is 4.74 Å². The van der Waals surface area contributed by atoms with E-state index in [0.717, 1.165) is 13.0 Å². The maximum absolute atomic E-state index is 12.1. The van der Waals surface area contributed by atoms with Crippen LogP contribution in [0.1, 0.15) is 35.2 Å². The zero-order valence-corrected chi connectivity index (χ0v) is 10.6. The second-order valence-corrected chi connectivity index (χ2v) is 5.23. The van der Waals surface area contributed by atoms with E-state index in [2.05, 4.69) is 5.32 Å². The number of hydrogen-bond donors (Lipinski definition) is 1. The topological polar surface area (TPSA) is 62.1 Å². The lowest BCUT2D eigenvalue weighted by molar-refractivity contribution is 0.0729. The van der Waals surface area contributed by atoms with Crippen LogP contribution in [-0.4, -0.2) is 24.7 Å². The molecule has 1 N–H and O–H groups in total. The first-order chi connectivity index (χ1) is 9.28. The second kappa shape index (κ2) is 5.02. The number of nitriles is 1. The van der Waals surface area contributed by atoms with Crippen LogP contribution in [0.3, 0.4) is 0 Å². The zero-order chi connectivity index (χ0) is 13.2. The van der Waals surface area contributed by atoms with Crippen molar-refractivity contribution in [2.24, 2.45) is 5.92 Å². The Morgan fingerprint density at radius 2 is 2.00 bits per heavy atom. The van der Waals surface area contributed by atoms with E-state index >= 15 is 0 Å². The minimum Gasteiger partial charge on any atom is -0.376 e. The highest BCUT2D eigenvalue weighted by atomic mass is 16.5. The number of amides is 1. The Bertz CT molecular complexity index is 514. The molecular formula is C15H16N2O2. The summed E-state index contributed by atoms with van der Waals surface area (Å²) in [6.07, 6.45) is 3.52. The van der Waals surface area contributed by atoms with Crippen molar-refractivity contribution < 1.29 is 9.53 Å². The van der Waals surface area contributed by atoms with Crippen LogP contribution < -0.4 is 5.32 Å². The standard InChI is InChI=1S/C15H16N2O2/c16-9-10-1-3-12(4-2-10)15(18)17-13-7-8-19-14(13)11-5-6-11/h1-4,11,13-14H,5-8H2,(H,17,18). The molecule has 1 aliphatic heterocycles. The van der Waals surface area contributed by atoms with Gasteiger partial charge in [0.15, 0.2) is 0 Å². The molecule has 0 aromatic heterocycles. The largest absolute Gasteiger partial charge is 0.376 e. The summed E-state index contributed by atoms with van der Waals surface area (Å²) in [7, 11) is 0. The van der Waals surface area contributed by atoms with Crippen LogP contribution in [0, 0.1) is 17.2 Å². The normalized spacial score (nSPS) is 25.8. The molecule has 4 heteroatoms. The highest BCUT2D eigenvalue weighted by Gasteiger charge is 2.41. The van der Waals surface area contributed by atoms with Gasteiger partial charge in [-0.1, -0.05) is 0 Å². The number of ether oxygens (including phenoxy) is 1. The number of hydrogen-bond acceptors (Lipinski definition) is 3. The van der Waals surface area contributed by atoms with E-state index in [0.29, 0.717) is 17.0 Å². The van der Waals surface area contributed by atoms with E-state index in [1.165, 1.54) is 12.8 Å². The molecule has 1 amide bonds. The predicted octanol–water partition coefficient (Wildman–Crippen LogP) is 1.86. The summed E-state index contributed by atoms with van der Waals surface area (Å²) in [5, 5.41) is 11.8. The highest BCUT2D eigenvalue weighted by Crippen LogP contribution is 2.38. The van der Waals surface area contributed by atoms with Gasteiger partial charge >= 0.3 is 0 Å². The van der Waals surface area contributed by atoms with E-state index in [-0.39, 0.29) is 18.1 Å². The minimum absolute atomic E-state index is 0.0781. The van der Waals surface area contributed by atoms with Crippen molar-refractivity contribution in [1.29, 1.82) is 5.26 Å². The molecule has 1 aromatic rings. The number of nitrogens with zero attached hydrogens (tertiary/aromatic N) is 1. The van der Waals surface area contributed by atoms with Crippen LogP contribution in [0.2, 0.25) is 0 Å². The Hall–Kier alpha value is -1.86. The smallest absolute Gasteiger partial charge is 0.251 e. The molecular weight excluding hydrogens is 240 g/mol. The molecule has 98 valence electrons. The fourth-order valence-electron chi connectivity index (χ4n) is 2.60. The van der Waals surface area contributed by atoms with Crippen molar-refractivity contribution in [3.05, 3.63) is 35.4 Å². The molecule has 3 rings (SSSR count). The van der Waals surface area contributed by atoms with Crippen LogP contribution >= 0.6 is 0 Å². The van der Waals surface area contributed by atoms with E-state index in [9.17, 15) is 4.79 Å². The van der Waals surface area contributed by atoms with Gasteiger partial charge in [-0.2, -0.15) is 5.26 Å². The fourth-order valence-corrected chi connectivity index (χ4v) is 2.60. The minimum atomic E-state index is -0.0781. The van der Waals surface area contributed by atoms with Gasteiger partial charge in [0.25, 0.3) is 5.91 Å². The Kier molecular flexibility index (Phi) is 3.22. The molecule has 1 aromatic carbocycles. The van der Waals surface area contributed by atoms with Crippen LogP contribution in [0.15, 0.2) is 24.3 Å². The predicted molar refractivity (Wildman–Crippen MR) is 69.5 cm³/mol. The van der Waals surface area contributed by atoms with Crippen molar-refractivity contribution in [3.8, 4) is 6.07 Å². The molecule has 4 nitrogen and oxygen atoms in total.